The van der Waals surface area contributed by atoms with E-state index in [-0.39, 0.29) is 24.3 Å². The van der Waals surface area contributed by atoms with Crippen molar-refractivity contribution < 1.29 is 29.3 Å². The van der Waals surface area contributed by atoms with Crippen molar-refractivity contribution in [3.63, 3.8) is 0 Å². The summed E-state index contributed by atoms with van der Waals surface area (Å²) >= 11 is 0. The number of hydrogen-bond acceptors (Lipinski definition) is 6. The van der Waals surface area contributed by atoms with E-state index in [1.807, 2.05) is 0 Å². The number of ether oxygens (including phenoxy) is 2. The Balaban J connectivity index is 0.000000409. The first-order valence-corrected chi connectivity index (χ1v) is 6.60. The molecule has 22 heavy (non-hydrogen) atoms. The summed E-state index contributed by atoms with van der Waals surface area (Å²) in [4.78, 5) is 21.5. The van der Waals surface area contributed by atoms with Crippen molar-refractivity contribution in [2.75, 3.05) is 39.6 Å². The minimum Gasteiger partial charge on any atom is -0.394 e. The van der Waals surface area contributed by atoms with Gasteiger partial charge in [-0.3, -0.25) is 9.59 Å². The second-order valence-electron chi connectivity index (χ2n) is 3.95. The van der Waals surface area contributed by atoms with Crippen LogP contribution in [0.1, 0.15) is 20.7 Å². The molecule has 0 aromatic heterocycles. The summed E-state index contributed by atoms with van der Waals surface area (Å²) in [6, 6.07) is 6.16. The van der Waals surface area contributed by atoms with Crippen LogP contribution in [0.5, 0.6) is 0 Å². The molecule has 0 heterocycles. The van der Waals surface area contributed by atoms with E-state index in [9.17, 15) is 9.59 Å². The number of nitrogens with two attached hydrogens (primary N) is 2. The molecule has 1 aromatic carbocycles. The van der Waals surface area contributed by atoms with Crippen LogP contribution in [0.2, 0.25) is 0 Å². The summed E-state index contributed by atoms with van der Waals surface area (Å²) in [5.41, 5.74) is 10.3. The van der Waals surface area contributed by atoms with Crippen LogP contribution in [0.3, 0.4) is 0 Å². The topological polar surface area (TPSA) is 145 Å². The molecule has 0 aliphatic heterocycles. The van der Waals surface area contributed by atoms with Gasteiger partial charge in [-0.05, 0) is 12.1 Å². The van der Waals surface area contributed by atoms with E-state index < -0.39 is 11.8 Å². The van der Waals surface area contributed by atoms with E-state index in [1.165, 1.54) is 12.1 Å². The molecule has 8 nitrogen and oxygen atoms in total. The maximum Gasteiger partial charge on any atom is 0.249 e. The van der Waals surface area contributed by atoms with Crippen molar-refractivity contribution >= 4 is 11.8 Å². The molecule has 2 amide bonds. The van der Waals surface area contributed by atoms with Crippen molar-refractivity contribution in [1.29, 1.82) is 0 Å². The van der Waals surface area contributed by atoms with Gasteiger partial charge in [-0.1, -0.05) is 12.1 Å². The molecule has 0 spiro atoms. The average molecular weight is 314 g/mol. The van der Waals surface area contributed by atoms with Crippen molar-refractivity contribution in [1.82, 2.24) is 0 Å². The second kappa shape index (κ2) is 12.7. The number of carbonyl (C=O) groups excluding carboxylic acids is 2. The van der Waals surface area contributed by atoms with Crippen LogP contribution in [-0.4, -0.2) is 61.7 Å². The van der Waals surface area contributed by atoms with Crippen molar-refractivity contribution in [2.24, 2.45) is 11.5 Å². The normalized spacial score (nSPS) is 9.73. The van der Waals surface area contributed by atoms with Crippen LogP contribution >= 0.6 is 0 Å². The largest absolute Gasteiger partial charge is 0.394 e. The Morgan fingerprint density at radius 3 is 1.45 bits per heavy atom. The molecular weight excluding hydrogens is 292 g/mol. The third kappa shape index (κ3) is 9.03. The molecule has 0 bridgehead atoms. The quantitative estimate of drug-likeness (QED) is 0.425. The molecule has 0 fully saturated rings. The number of amides is 2. The molecule has 0 atom stereocenters. The SMILES string of the molecule is NC(=O)c1ccccc1C(N)=O.OCCOCCOCCO. The molecule has 0 aliphatic rings. The van der Waals surface area contributed by atoms with Gasteiger partial charge in [0, 0.05) is 0 Å². The first kappa shape index (κ1) is 20.0. The fraction of sp³-hybridized carbons (Fsp3) is 0.429. The maximum absolute atomic E-state index is 10.7. The summed E-state index contributed by atoms with van der Waals surface area (Å²) in [6.45, 7) is 1.73. The highest BCUT2D eigenvalue weighted by Crippen LogP contribution is 2.06. The van der Waals surface area contributed by atoms with Crippen molar-refractivity contribution in [3.8, 4) is 0 Å². The standard InChI is InChI=1S/C8H8N2O2.C6H14O4/c9-7(11)5-3-1-2-4-6(5)8(10)12;7-1-3-9-5-6-10-4-2-8/h1-4H,(H2,9,11)(H2,10,12);7-8H,1-6H2. The van der Waals surface area contributed by atoms with Gasteiger partial charge in [0.1, 0.15) is 0 Å². The van der Waals surface area contributed by atoms with Crippen LogP contribution in [0.15, 0.2) is 24.3 Å². The number of aliphatic hydroxyl groups is 2. The number of primary amides is 2. The lowest BCUT2D eigenvalue weighted by atomic mass is 10.1. The second-order valence-corrected chi connectivity index (χ2v) is 3.95. The molecule has 0 radical (unpaired) electrons. The molecule has 0 saturated carbocycles. The highest BCUT2D eigenvalue weighted by atomic mass is 16.5. The minimum atomic E-state index is -0.649. The molecular formula is C14H22N2O6. The predicted molar refractivity (Wildman–Crippen MR) is 79.3 cm³/mol. The molecule has 0 unspecified atom stereocenters. The average Bonchev–Trinajstić information content (AvgIpc) is 2.51. The van der Waals surface area contributed by atoms with Gasteiger partial charge in [-0.15, -0.1) is 0 Å². The van der Waals surface area contributed by atoms with Crippen LogP contribution in [0.4, 0.5) is 0 Å². The van der Waals surface area contributed by atoms with E-state index >= 15 is 0 Å². The predicted octanol–water partition coefficient (Wildman–Crippen LogP) is -1.11. The Hall–Kier alpha value is -2.00. The van der Waals surface area contributed by atoms with Gasteiger partial charge in [-0.2, -0.15) is 0 Å². The third-order valence-corrected chi connectivity index (χ3v) is 2.30. The van der Waals surface area contributed by atoms with Crippen molar-refractivity contribution in [3.05, 3.63) is 35.4 Å². The minimum absolute atomic E-state index is 0.0417. The number of hydrogen-bond donors (Lipinski definition) is 4. The Morgan fingerprint density at radius 1 is 0.818 bits per heavy atom. The summed E-state index contributed by atoms with van der Waals surface area (Å²) in [7, 11) is 0. The van der Waals surface area contributed by atoms with Gasteiger partial charge in [0.15, 0.2) is 0 Å². The number of carbonyl (C=O) groups is 2. The summed E-state index contributed by atoms with van der Waals surface area (Å²) in [5, 5.41) is 16.5. The van der Waals surface area contributed by atoms with Gasteiger partial charge < -0.3 is 31.2 Å². The fourth-order valence-corrected chi connectivity index (χ4v) is 1.36. The maximum atomic E-state index is 10.7. The van der Waals surface area contributed by atoms with Crippen LogP contribution in [-0.2, 0) is 9.47 Å². The van der Waals surface area contributed by atoms with Gasteiger partial charge in [0.25, 0.3) is 0 Å². The molecule has 0 aliphatic carbocycles. The zero-order valence-corrected chi connectivity index (χ0v) is 12.2. The van der Waals surface area contributed by atoms with E-state index in [2.05, 4.69) is 0 Å². The molecule has 1 aromatic rings. The fourth-order valence-electron chi connectivity index (χ4n) is 1.36. The number of aliphatic hydroxyl groups excluding tert-OH is 2. The van der Waals surface area contributed by atoms with E-state index in [4.69, 9.17) is 31.2 Å². The van der Waals surface area contributed by atoms with E-state index in [0.29, 0.717) is 26.4 Å². The molecule has 8 heteroatoms. The first-order valence-electron chi connectivity index (χ1n) is 6.60. The Bertz CT molecular complexity index is 412. The lowest BCUT2D eigenvalue weighted by Crippen LogP contribution is -2.20. The van der Waals surface area contributed by atoms with Crippen LogP contribution < -0.4 is 11.5 Å². The Labute approximate surface area is 128 Å². The van der Waals surface area contributed by atoms with E-state index in [0.717, 1.165) is 0 Å². The highest BCUT2D eigenvalue weighted by molar-refractivity contribution is 6.06. The zero-order valence-electron chi connectivity index (χ0n) is 12.2. The monoisotopic (exact) mass is 314 g/mol. The Kier molecular flexibility index (Phi) is 11.6. The van der Waals surface area contributed by atoms with Gasteiger partial charge in [0.05, 0.1) is 50.8 Å². The summed E-state index contributed by atoms with van der Waals surface area (Å²) < 4.78 is 9.75. The molecule has 124 valence electrons. The van der Waals surface area contributed by atoms with Gasteiger partial charge in [0.2, 0.25) is 11.8 Å². The van der Waals surface area contributed by atoms with Gasteiger partial charge >= 0.3 is 0 Å². The lowest BCUT2D eigenvalue weighted by Gasteiger charge is -2.01. The molecule has 1 rings (SSSR count). The highest BCUT2D eigenvalue weighted by Gasteiger charge is 2.10. The first-order chi connectivity index (χ1) is 10.5. The third-order valence-electron chi connectivity index (χ3n) is 2.30. The van der Waals surface area contributed by atoms with Gasteiger partial charge in [-0.25, -0.2) is 0 Å². The lowest BCUT2D eigenvalue weighted by molar-refractivity contribution is 0.0222. The Morgan fingerprint density at radius 2 is 1.18 bits per heavy atom. The zero-order chi connectivity index (χ0) is 16.8. The smallest absolute Gasteiger partial charge is 0.249 e. The summed E-state index contributed by atoms with van der Waals surface area (Å²) in [5.74, 6) is -1.30. The summed E-state index contributed by atoms with van der Waals surface area (Å²) in [6.07, 6.45) is 0. The van der Waals surface area contributed by atoms with E-state index in [1.54, 1.807) is 12.1 Å². The number of rotatable bonds is 9. The van der Waals surface area contributed by atoms with Crippen molar-refractivity contribution in [2.45, 2.75) is 0 Å². The van der Waals surface area contributed by atoms with Crippen LogP contribution in [0, 0.1) is 0 Å². The molecule has 0 saturated heterocycles. The number of benzene rings is 1. The van der Waals surface area contributed by atoms with Crippen LogP contribution in [0.25, 0.3) is 0 Å². The molecule has 6 N–H and O–H groups in total.